The maximum absolute atomic E-state index is 11.6. The van der Waals surface area contributed by atoms with E-state index in [2.05, 4.69) is 33.1 Å². The van der Waals surface area contributed by atoms with E-state index in [4.69, 9.17) is 5.11 Å². The van der Waals surface area contributed by atoms with Crippen molar-refractivity contribution < 1.29 is 14.7 Å². The maximum Gasteiger partial charge on any atom is 0.326 e. The van der Waals surface area contributed by atoms with Gasteiger partial charge in [0, 0.05) is 11.0 Å². The molecule has 0 aromatic heterocycles. The summed E-state index contributed by atoms with van der Waals surface area (Å²) in [7, 11) is 0. The Hall–Kier alpha value is -1.82. The van der Waals surface area contributed by atoms with E-state index in [1.54, 1.807) is 0 Å². The van der Waals surface area contributed by atoms with Crippen LogP contribution >= 0.6 is 15.9 Å². The van der Waals surface area contributed by atoms with Crippen molar-refractivity contribution in [1.82, 2.24) is 10.6 Å². The average Bonchev–Trinajstić information content (AvgIpc) is 2.37. The lowest BCUT2D eigenvalue weighted by molar-refractivity contribution is -0.139. The molecule has 1 rings (SSSR count). The van der Waals surface area contributed by atoms with Gasteiger partial charge in [0.15, 0.2) is 0 Å². The zero-order valence-electron chi connectivity index (χ0n) is 10.2. The Labute approximate surface area is 119 Å². The fraction of sp³-hybridized carbons (Fsp3) is 0.231. The van der Waals surface area contributed by atoms with Crippen LogP contribution in [0.5, 0.6) is 0 Å². The van der Waals surface area contributed by atoms with Crippen LogP contribution in [0.3, 0.4) is 0 Å². The van der Waals surface area contributed by atoms with Gasteiger partial charge in [0.25, 0.3) is 0 Å². The largest absolute Gasteiger partial charge is 0.480 e. The van der Waals surface area contributed by atoms with Crippen LogP contribution in [-0.4, -0.2) is 23.1 Å². The van der Waals surface area contributed by atoms with Gasteiger partial charge >= 0.3 is 12.0 Å². The molecule has 102 valence electrons. The molecule has 0 radical (unpaired) electrons. The van der Waals surface area contributed by atoms with Gasteiger partial charge in [0.2, 0.25) is 0 Å². The van der Waals surface area contributed by atoms with Crippen molar-refractivity contribution in [3.63, 3.8) is 0 Å². The van der Waals surface area contributed by atoms with Crippen molar-refractivity contribution in [2.75, 3.05) is 0 Å². The van der Waals surface area contributed by atoms with Gasteiger partial charge in [-0.3, -0.25) is 0 Å². The van der Waals surface area contributed by atoms with Gasteiger partial charge in [0.05, 0.1) is 0 Å². The highest BCUT2D eigenvalue weighted by atomic mass is 79.9. The summed E-state index contributed by atoms with van der Waals surface area (Å²) in [6.07, 6.45) is 1.63. The lowest BCUT2D eigenvalue weighted by Crippen LogP contribution is -2.45. The quantitative estimate of drug-likeness (QED) is 0.702. The van der Waals surface area contributed by atoms with Gasteiger partial charge in [0.1, 0.15) is 6.04 Å². The third-order valence-corrected chi connectivity index (χ3v) is 3.18. The van der Waals surface area contributed by atoms with Crippen molar-refractivity contribution in [3.05, 3.63) is 47.0 Å². The molecule has 0 aliphatic rings. The second-order valence-electron chi connectivity index (χ2n) is 3.83. The Bertz CT molecular complexity index is 477. The number of carboxylic acid groups (broad SMARTS) is 1. The van der Waals surface area contributed by atoms with Gasteiger partial charge in [-0.25, -0.2) is 9.59 Å². The van der Waals surface area contributed by atoms with Crippen molar-refractivity contribution >= 4 is 27.9 Å². The molecule has 1 unspecified atom stereocenters. The lowest BCUT2D eigenvalue weighted by atomic mass is 10.2. The molecule has 19 heavy (non-hydrogen) atoms. The number of hydrogen-bond acceptors (Lipinski definition) is 2. The Morgan fingerprint density at radius 3 is 2.68 bits per heavy atom. The number of urea groups is 1. The molecule has 0 aliphatic heterocycles. The summed E-state index contributed by atoms with van der Waals surface area (Å²) in [6.45, 7) is 3.77. The summed E-state index contributed by atoms with van der Waals surface area (Å²) >= 11 is 3.37. The summed E-state index contributed by atoms with van der Waals surface area (Å²) < 4.78 is 0.885. The Morgan fingerprint density at radius 1 is 1.42 bits per heavy atom. The molecular formula is C13H15BrN2O3. The molecule has 1 aromatic carbocycles. The number of carbonyl (C=O) groups excluding carboxylic acids is 1. The van der Waals surface area contributed by atoms with E-state index < -0.39 is 18.0 Å². The van der Waals surface area contributed by atoms with Crippen molar-refractivity contribution in [2.24, 2.45) is 0 Å². The van der Waals surface area contributed by atoms with E-state index in [1.165, 1.54) is 6.08 Å². The third kappa shape index (κ3) is 5.13. The molecule has 0 fully saturated rings. The molecule has 0 saturated carbocycles. The van der Waals surface area contributed by atoms with Crippen LogP contribution in [0.25, 0.3) is 0 Å². The minimum atomic E-state index is -1.09. The minimum Gasteiger partial charge on any atom is -0.480 e. The number of aliphatic carboxylic acids is 1. The summed E-state index contributed by atoms with van der Waals surface area (Å²) in [5.74, 6) is -1.09. The first kappa shape index (κ1) is 15.2. The Morgan fingerprint density at radius 2 is 2.11 bits per heavy atom. The molecule has 0 spiro atoms. The van der Waals surface area contributed by atoms with E-state index in [1.807, 2.05) is 24.3 Å². The zero-order valence-corrected chi connectivity index (χ0v) is 11.8. The highest BCUT2D eigenvalue weighted by Gasteiger charge is 2.17. The van der Waals surface area contributed by atoms with Crippen LogP contribution in [0.1, 0.15) is 12.0 Å². The molecule has 3 N–H and O–H groups in total. The van der Waals surface area contributed by atoms with Crippen LogP contribution in [0.15, 0.2) is 41.4 Å². The number of amides is 2. The predicted octanol–water partition coefficient (Wildman–Crippen LogP) is 2.28. The molecule has 0 saturated heterocycles. The summed E-state index contributed by atoms with van der Waals surface area (Å²) in [5.41, 5.74) is 0.910. The average molecular weight is 327 g/mol. The van der Waals surface area contributed by atoms with Gasteiger partial charge in [-0.05, 0) is 18.1 Å². The molecule has 1 atom stereocenters. The van der Waals surface area contributed by atoms with Crippen LogP contribution < -0.4 is 10.6 Å². The normalized spacial score (nSPS) is 11.4. The maximum atomic E-state index is 11.6. The van der Waals surface area contributed by atoms with Gasteiger partial charge < -0.3 is 15.7 Å². The Balaban J connectivity index is 2.49. The van der Waals surface area contributed by atoms with Crippen LogP contribution in [-0.2, 0) is 11.3 Å². The smallest absolute Gasteiger partial charge is 0.326 e. The highest BCUT2D eigenvalue weighted by molar-refractivity contribution is 9.10. The molecule has 0 heterocycles. The van der Waals surface area contributed by atoms with E-state index in [9.17, 15) is 9.59 Å². The summed E-state index contributed by atoms with van der Waals surface area (Å²) in [4.78, 5) is 22.4. The van der Waals surface area contributed by atoms with Crippen molar-refractivity contribution in [2.45, 2.75) is 19.0 Å². The second-order valence-corrected chi connectivity index (χ2v) is 4.69. The number of nitrogens with one attached hydrogen (secondary N) is 2. The van der Waals surface area contributed by atoms with E-state index in [-0.39, 0.29) is 6.42 Å². The van der Waals surface area contributed by atoms with Crippen LogP contribution in [0.2, 0.25) is 0 Å². The van der Waals surface area contributed by atoms with Gasteiger partial charge in [-0.1, -0.05) is 40.2 Å². The zero-order chi connectivity index (χ0) is 14.3. The summed E-state index contributed by atoms with van der Waals surface area (Å²) in [5, 5.41) is 13.9. The first-order valence-electron chi connectivity index (χ1n) is 5.66. The number of benzene rings is 1. The number of halogens is 1. The Kier molecular flexibility index (Phi) is 6.08. The lowest BCUT2D eigenvalue weighted by Gasteiger charge is -2.13. The monoisotopic (exact) mass is 326 g/mol. The molecule has 0 bridgehead atoms. The standard InChI is InChI=1S/C13H15BrN2O3/c1-2-5-11(12(17)18)16-13(19)15-8-9-6-3-4-7-10(9)14/h2-4,6-7,11H,1,5,8H2,(H,17,18)(H2,15,16,19). The molecule has 6 heteroatoms. The second kappa shape index (κ2) is 7.58. The van der Waals surface area contributed by atoms with Crippen molar-refractivity contribution in [1.29, 1.82) is 0 Å². The first-order chi connectivity index (χ1) is 9.04. The van der Waals surface area contributed by atoms with Crippen molar-refractivity contribution in [3.8, 4) is 0 Å². The molecule has 2 amide bonds. The number of rotatable bonds is 6. The molecule has 1 aromatic rings. The van der Waals surface area contributed by atoms with Crippen LogP contribution in [0, 0.1) is 0 Å². The number of carboxylic acids is 1. The SMILES string of the molecule is C=CCC(NC(=O)NCc1ccccc1Br)C(=O)O. The number of carbonyl (C=O) groups is 2. The molecule has 0 aliphatic carbocycles. The third-order valence-electron chi connectivity index (χ3n) is 2.40. The fourth-order valence-electron chi connectivity index (χ4n) is 1.41. The number of hydrogen-bond donors (Lipinski definition) is 3. The van der Waals surface area contributed by atoms with Gasteiger partial charge in [-0.2, -0.15) is 0 Å². The van der Waals surface area contributed by atoms with E-state index in [0.717, 1.165) is 10.0 Å². The fourth-order valence-corrected chi connectivity index (χ4v) is 1.84. The minimum absolute atomic E-state index is 0.178. The van der Waals surface area contributed by atoms with Gasteiger partial charge in [-0.15, -0.1) is 6.58 Å². The van der Waals surface area contributed by atoms with E-state index >= 15 is 0 Å². The molecule has 5 nitrogen and oxygen atoms in total. The summed E-state index contributed by atoms with van der Waals surface area (Å²) in [6, 6.07) is 5.98. The topological polar surface area (TPSA) is 78.4 Å². The van der Waals surface area contributed by atoms with E-state index in [0.29, 0.717) is 6.54 Å². The first-order valence-corrected chi connectivity index (χ1v) is 6.45. The highest BCUT2D eigenvalue weighted by Crippen LogP contribution is 2.15. The predicted molar refractivity (Wildman–Crippen MR) is 75.8 cm³/mol. The van der Waals surface area contributed by atoms with Crippen LogP contribution in [0.4, 0.5) is 4.79 Å². The molecular weight excluding hydrogens is 312 g/mol.